The first kappa shape index (κ1) is 25.8. The Bertz CT molecular complexity index is 836. The van der Waals surface area contributed by atoms with Crippen LogP contribution in [0.5, 0.6) is 5.75 Å². The van der Waals surface area contributed by atoms with Crippen LogP contribution < -0.4 is 15.4 Å². The van der Waals surface area contributed by atoms with Crippen molar-refractivity contribution in [3.05, 3.63) is 54.0 Å². The Morgan fingerprint density at radius 2 is 2.00 bits per heavy atom. The van der Waals surface area contributed by atoms with Gasteiger partial charge in [-0.3, -0.25) is 0 Å². The third-order valence-electron chi connectivity index (χ3n) is 5.21. The molecular weight excluding hydrogens is 523 g/mol. The van der Waals surface area contributed by atoms with Gasteiger partial charge >= 0.3 is 6.09 Å². The topological polar surface area (TPSA) is 88.3 Å². The predicted molar refractivity (Wildman–Crippen MR) is 135 cm³/mol. The van der Waals surface area contributed by atoms with Crippen LogP contribution in [-0.4, -0.2) is 56.3 Å². The van der Waals surface area contributed by atoms with E-state index >= 15 is 0 Å². The summed E-state index contributed by atoms with van der Waals surface area (Å²) in [5, 5.41) is 6.92. The Kier molecular flexibility index (Phi) is 11.2. The zero-order valence-electron chi connectivity index (χ0n) is 18.7. The molecule has 1 fully saturated rings. The molecule has 2 N–H and O–H groups in total. The lowest BCUT2D eigenvalue weighted by Gasteiger charge is -2.32. The van der Waals surface area contributed by atoms with E-state index in [0.717, 1.165) is 42.3 Å². The van der Waals surface area contributed by atoms with Gasteiger partial charge in [-0.25, -0.2) is 9.79 Å². The maximum Gasteiger partial charge on any atom is 0.409 e. The molecule has 1 aliphatic rings. The van der Waals surface area contributed by atoms with Crippen molar-refractivity contribution < 1.29 is 18.7 Å². The van der Waals surface area contributed by atoms with E-state index in [0.29, 0.717) is 32.8 Å². The Morgan fingerprint density at radius 1 is 1.22 bits per heavy atom. The van der Waals surface area contributed by atoms with Crippen LogP contribution in [0, 0.1) is 0 Å². The van der Waals surface area contributed by atoms with E-state index in [1.165, 1.54) is 0 Å². The Balaban J connectivity index is 0.00000363. The first-order chi connectivity index (χ1) is 15.2. The summed E-state index contributed by atoms with van der Waals surface area (Å²) >= 11 is 0. The SMILES string of the molecule is CCOC(=O)N1CCC(NC(=NCc2ccccc2OC)NCCc2ccco2)CC1.I. The van der Waals surface area contributed by atoms with Crippen molar-refractivity contribution in [3.63, 3.8) is 0 Å². The maximum absolute atomic E-state index is 11.9. The number of aliphatic imine (C=N–C) groups is 1. The minimum absolute atomic E-state index is 0. The lowest BCUT2D eigenvalue weighted by Crippen LogP contribution is -2.50. The molecule has 1 amide bonds. The quantitative estimate of drug-likeness (QED) is 0.292. The van der Waals surface area contributed by atoms with E-state index in [-0.39, 0.29) is 36.1 Å². The van der Waals surface area contributed by atoms with Crippen molar-refractivity contribution in [1.82, 2.24) is 15.5 Å². The molecule has 2 heterocycles. The van der Waals surface area contributed by atoms with E-state index in [1.54, 1.807) is 18.3 Å². The second-order valence-corrected chi connectivity index (χ2v) is 7.34. The predicted octanol–water partition coefficient (Wildman–Crippen LogP) is 3.81. The number of nitrogens with zero attached hydrogens (tertiary/aromatic N) is 2. The molecule has 0 aliphatic carbocycles. The Labute approximate surface area is 206 Å². The molecule has 0 radical (unpaired) electrons. The highest BCUT2D eigenvalue weighted by atomic mass is 127. The van der Waals surface area contributed by atoms with Gasteiger partial charge in [0.2, 0.25) is 0 Å². The van der Waals surface area contributed by atoms with Gasteiger partial charge in [0.25, 0.3) is 0 Å². The number of nitrogens with one attached hydrogen (secondary N) is 2. The van der Waals surface area contributed by atoms with Gasteiger partial charge in [-0.1, -0.05) is 18.2 Å². The van der Waals surface area contributed by atoms with Gasteiger partial charge < -0.3 is 29.4 Å². The first-order valence-corrected chi connectivity index (χ1v) is 10.8. The van der Waals surface area contributed by atoms with Gasteiger partial charge in [-0.15, -0.1) is 24.0 Å². The van der Waals surface area contributed by atoms with Crippen molar-refractivity contribution in [1.29, 1.82) is 0 Å². The molecule has 9 heteroatoms. The average molecular weight is 556 g/mol. The minimum atomic E-state index is -0.234. The summed E-state index contributed by atoms with van der Waals surface area (Å²) in [5.41, 5.74) is 1.02. The van der Waals surface area contributed by atoms with Crippen LogP contribution in [0.25, 0.3) is 0 Å². The summed E-state index contributed by atoms with van der Waals surface area (Å²) < 4.78 is 16.0. The lowest BCUT2D eigenvalue weighted by atomic mass is 10.1. The van der Waals surface area contributed by atoms with Gasteiger partial charge in [0.15, 0.2) is 5.96 Å². The fourth-order valence-corrected chi connectivity index (χ4v) is 3.52. The number of hydrogen-bond donors (Lipinski definition) is 2. The van der Waals surface area contributed by atoms with Crippen molar-refractivity contribution in [2.75, 3.05) is 33.4 Å². The summed E-state index contributed by atoms with van der Waals surface area (Å²) in [6, 6.07) is 12.0. The summed E-state index contributed by atoms with van der Waals surface area (Å²) in [6.45, 7) is 4.77. The van der Waals surface area contributed by atoms with E-state index in [2.05, 4.69) is 10.6 Å². The highest BCUT2D eigenvalue weighted by Gasteiger charge is 2.24. The molecular formula is C23H33IN4O4. The van der Waals surface area contributed by atoms with Crippen LogP contribution in [-0.2, 0) is 17.7 Å². The molecule has 0 bridgehead atoms. The number of hydrogen-bond acceptors (Lipinski definition) is 5. The molecule has 8 nitrogen and oxygen atoms in total. The molecule has 0 saturated carbocycles. The zero-order chi connectivity index (χ0) is 21.9. The fraction of sp³-hybridized carbons (Fsp3) is 0.478. The third-order valence-corrected chi connectivity index (χ3v) is 5.21. The van der Waals surface area contributed by atoms with Crippen LogP contribution in [0.3, 0.4) is 0 Å². The number of amides is 1. The molecule has 3 rings (SSSR count). The van der Waals surface area contributed by atoms with Gasteiger partial charge in [0.1, 0.15) is 11.5 Å². The van der Waals surface area contributed by atoms with E-state index < -0.39 is 0 Å². The number of carbonyl (C=O) groups excluding carboxylic acids is 1. The fourth-order valence-electron chi connectivity index (χ4n) is 3.52. The molecule has 176 valence electrons. The number of carbonyl (C=O) groups is 1. The normalized spacial score (nSPS) is 14.4. The minimum Gasteiger partial charge on any atom is -0.496 e. The van der Waals surface area contributed by atoms with Crippen molar-refractivity contribution in [3.8, 4) is 5.75 Å². The largest absolute Gasteiger partial charge is 0.496 e. The number of guanidine groups is 1. The molecule has 1 saturated heterocycles. The molecule has 1 aromatic carbocycles. The smallest absolute Gasteiger partial charge is 0.409 e. The third kappa shape index (κ3) is 7.92. The molecule has 2 aromatic rings. The van der Waals surface area contributed by atoms with Crippen LogP contribution in [0.1, 0.15) is 31.1 Å². The van der Waals surface area contributed by atoms with Gasteiger partial charge in [-0.2, -0.15) is 0 Å². The summed E-state index contributed by atoms with van der Waals surface area (Å²) in [7, 11) is 1.67. The molecule has 32 heavy (non-hydrogen) atoms. The van der Waals surface area contributed by atoms with Crippen LogP contribution in [0.2, 0.25) is 0 Å². The molecule has 0 unspecified atom stereocenters. The van der Waals surface area contributed by atoms with Crippen LogP contribution in [0.15, 0.2) is 52.1 Å². The van der Waals surface area contributed by atoms with Crippen LogP contribution in [0.4, 0.5) is 4.79 Å². The van der Waals surface area contributed by atoms with E-state index in [1.807, 2.05) is 43.3 Å². The second-order valence-electron chi connectivity index (χ2n) is 7.34. The van der Waals surface area contributed by atoms with Crippen molar-refractivity contribution in [2.24, 2.45) is 4.99 Å². The highest BCUT2D eigenvalue weighted by molar-refractivity contribution is 14.0. The van der Waals surface area contributed by atoms with Gasteiger partial charge in [-0.05, 0) is 38.0 Å². The number of piperidine rings is 1. The number of ether oxygens (including phenoxy) is 2. The molecule has 0 spiro atoms. The standard InChI is InChI=1S/C23H32N4O4.HI/c1-3-30-23(28)27-14-11-19(12-15-27)26-22(24-13-10-20-8-6-16-31-20)25-17-18-7-4-5-9-21(18)29-2;/h4-9,16,19H,3,10-15,17H2,1-2H3,(H2,24,25,26);1H. The Hall–Kier alpha value is -2.43. The highest BCUT2D eigenvalue weighted by Crippen LogP contribution is 2.18. The number of para-hydroxylation sites is 1. The summed E-state index contributed by atoms with van der Waals surface area (Å²) in [5.74, 6) is 2.50. The second kappa shape index (κ2) is 13.9. The number of rotatable bonds is 8. The lowest BCUT2D eigenvalue weighted by molar-refractivity contribution is 0.0963. The van der Waals surface area contributed by atoms with Gasteiger partial charge in [0, 0.05) is 37.7 Å². The molecule has 1 aliphatic heterocycles. The number of methoxy groups -OCH3 is 1. The zero-order valence-corrected chi connectivity index (χ0v) is 21.0. The first-order valence-electron chi connectivity index (χ1n) is 10.8. The van der Waals surface area contributed by atoms with Crippen molar-refractivity contribution >= 4 is 36.0 Å². The maximum atomic E-state index is 11.9. The number of likely N-dealkylation sites (tertiary alicyclic amines) is 1. The van der Waals surface area contributed by atoms with Crippen LogP contribution >= 0.6 is 24.0 Å². The number of furan rings is 1. The number of halogens is 1. The molecule has 1 aromatic heterocycles. The van der Waals surface area contributed by atoms with Gasteiger partial charge in [0.05, 0.1) is 26.5 Å². The summed E-state index contributed by atoms with van der Waals surface area (Å²) in [4.78, 5) is 18.5. The Morgan fingerprint density at radius 3 is 2.69 bits per heavy atom. The molecule has 0 atom stereocenters. The number of benzene rings is 1. The average Bonchev–Trinajstić information content (AvgIpc) is 3.31. The van der Waals surface area contributed by atoms with Crippen molar-refractivity contribution in [2.45, 2.75) is 38.8 Å². The summed E-state index contributed by atoms with van der Waals surface area (Å²) in [6.07, 6.45) is 3.90. The monoisotopic (exact) mass is 556 g/mol. The van der Waals surface area contributed by atoms with E-state index in [9.17, 15) is 4.79 Å². The van der Waals surface area contributed by atoms with E-state index in [4.69, 9.17) is 18.9 Å².